The molecule has 7 heteroatoms. The van der Waals surface area contributed by atoms with Gasteiger partial charge in [0.05, 0.1) is 12.5 Å². The predicted octanol–water partition coefficient (Wildman–Crippen LogP) is 3.88. The zero-order valence-corrected chi connectivity index (χ0v) is 17.7. The topological polar surface area (TPSA) is 71.3 Å². The van der Waals surface area contributed by atoms with E-state index < -0.39 is 0 Å². The first-order chi connectivity index (χ1) is 13.8. The standard InChI is InChI=1S/C22H31FN4O2/c1-14(2)20(15(3)4)25-22(28)17-6-5-11-27(12-17)13-19-24-21(26-29-19)16-7-9-18(23)10-8-16/h7-10,14-15,17,20H,5-6,11-13H2,1-4H3,(H,25,28). The molecule has 0 aliphatic carbocycles. The van der Waals surface area contributed by atoms with Gasteiger partial charge in [-0.25, -0.2) is 4.39 Å². The lowest BCUT2D eigenvalue weighted by Crippen LogP contribution is -2.48. The number of hydrogen-bond donors (Lipinski definition) is 1. The fourth-order valence-corrected chi connectivity index (χ4v) is 4.02. The van der Waals surface area contributed by atoms with E-state index in [1.165, 1.54) is 12.1 Å². The van der Waals surface area contributed by atoms with Crippen LogP contribution in [0, 0.1) is 23.6 Å². The molecule has 0 saturated carbocycles. The Morgan fingerprint density at radius 1 is 1.24 bits per heavy atom. The largest absolute Gasteiger partial charge is 0.353 e. The number of benzene rings is 1. The minimum Gasteiger partial charge on any atom is -0.353 e. The summed E-state index contributed by atoms with van der Waals surface area (Å²) in [6.07, 6.45) is 1.86. The number of aromatic nitrogens is 2. The van der Waals surface area contributed by atoms with E-state index in [0.717, 1.165) is 19.4 Å². The normalized spacial score (nSPS) is 18.0. The first-order valence-corrected chi connectivity index (χ1v) is 10.4. The van der Waals surface area contributed by atoms with Crippen LogP contribution in [0.15, 0.2) is 28.8 Å². The fraction of sp³-hybridized carbons (Fsp3) is 0.591. The lowest BCUT2D eigenvalue weighted by molar-refractivity contribution is -0.128. The van der Waals surface area contributed by atoms with Crippen LogP contribution in [0.25, 0.3) is 11.4 Å². The maximum Gasteiger partial charge on any atom is 0.241 e. The van der Waals surface area contributed by atoms with E-state index >= 15 is 0 Å². The Balaban J connectivity index is 1.58. The molecular formula is C22H31FN4O2. The number of likely N-dealkylation sites (tertiary alicyclic amines) is 1. The van der Waals surface area contributed by atoms with Crippen LogP contribution in [-0.4, -0.2) is 40.1 Å². The van der Waals surface area contributed by atoms with Crippen LogP contribution >= 0.6 is 0 Å². The molecule has 1 atom stereocenters. The fourth-order valence-electron chi connectivity index (χ4n) is 4.02. The molecule has 0 bridgehead atoms. The van der Waals surface area contributed by atoms with Crippen molar-refractivity contribution in [2.75, 3.05) is 13.1 Å². The van der Waals surface area contributed by atoms with Gasteiger partial charge < -0.3 is 9.84 Å². The molecule has 29 heavy (non-hydrogen) atoms. The van der Waals surface area contributed by atoms with Gasteiger partial charge in [0, 0.05) is 18.2 Å². The van der Waals surface area contributed by atoms with Gasteiger partial charge in [0.1, 0.15) is 5.82 Å². The second-order valence-corrected chi connectivity index (χ2v) is 8.62. The van der Waals surface area contributed by atoms with Crippen molar-refractivity contribution in [1.82, 2.24) is 20.4 Å². The Hall–Kier alpha value is -2.28. The van der Waals surface area contributed by atoms with Crippen molar-refractivity contribution < 1.29 is 13.7 Å². The van der Waals surface area contributed by atoms with Crippen LogP contribution in [0.5, 0.6) is 0 Å². The Bertz CT molecular complexity index is 795. The van der Waals surface area contributed by atoms with Gasteiger partial charge in [-0.05, 0) is 55.5 Å². The molecule has 2 heterocycles. The highest BCUT2D eigenvalue weighted by atomic mass is 19.1. The molecule has 1 saturated heterocycles. The lowest BCUT2D eigenvalue weighted by Gasteiger charge is -2.33. The SMILES string of the molecule is CC(C)C(NC(=O)C1CCCN(Cc2nc(-c3ccc(F)cc3)no2)C1)C(C)C. The molecular weight excluding hydrogens is 371 g/mol. The van der Waals surface area contributed by atoms with Crippen molar-refractivity contribution in [1.29, 1.82) is 0 Å². The van der Waals surface area contributed by atoms with Gasteiger partial charge in [-0.15, -0.1) is 0 Å². The van der Waals surface area contributed by atoms with Crippen molar-refractivity contribution in [3.63, 3.8) is 0 Å². The Kier molecular flexibility index (Phi) is 7.00. The summed E-state index contributed by atoms with van der Waals surface area (Å²) in [5.74, 6) is 1.58. The van der Waals surface area contributed by atoms with E-state index in [1.54, 1.807) is 12.1 Å². The average Bonchev–Trinajstić information content (AvgIpc) is 3.14. The van der Waals surface area contributed by atoms with Gasteiger partial charge in [0.15, 0.2) is 0 Å². The summed E-state index contributed by atoms with van der Waals surface area (Å²) in [5.41, 5.74) is 0.714. The Morgan fingerprint density at radius 2 is 1.93 bits per heavy atom. The number of amides is 1. The maximum atomic E-state index is 13.1. The lowest BCUT2D eigenvalue weighted by atomic mass is 9.91. The number of piperidine rings is 1. The summed E-state index contributed by atoms with van der Waals surface area (Å²) in [4.78, 5) is 19.4. The van der Waals surface area contributed by atoms with E-state index in [-0.39, 0.29) is 23.7 Å². The molecule has 3 rings (SSSR count). The van der Waals surface area contributed by atoms with Gasteiger partial charge in [-0.3, -0.25) is 9.69 Å². The third-order valence-corrected chi connectivity index (χ3v) is 5.55. The molecule has 1 aromatic heterocycles. The van der Waals surface area contributed by atoms with Gasteiger partial charge in [-0.2, -0.15) is 4.98 Å². The summed E-state index contributed by atoms with van der Waals surface area (Å²) >= 11 is 0. The van der Waals surface area contributed by atoms with Crippen LogP contribution in [0.3, 0.4) is 0 Å². The van der Waals surface area contributed by atoms with Crippen LogP contribution in [0.4, 0.5) is 4.39 Å². The summed E-state index contributed by atoms with van der Waals surface area (Å²) in [5, 5.41) is 7.25. The molecule has 1 unspecified atom stereocenters. The summed E-state index contributed by atoms with van der Waals surface area (Å²) in [6.45, 7) is 10.7. The summed E-state index contributed by atoms with van der Waals surface area (Å²) < 4.78 is 18.5. The minimum atomic E-state index is -0.299. The van der Waals surface area contributed by atoms with Crippen LogP contribution in [0.1, 0.15) is 46.4 Å². The third-order valence-electron chi connectivity index (χ3n) is 5.55. The van der Waals surface area contributed by atoms with E-state index in [1.807, 2.05) is 0 Å². The minimum absolute atomic E-state index is 0.0248. The number of rotatable bonds is 7. The van der Waals surface area contributed by atoms with Crippen molar-refractivity contribution in [2.45, 2.75) is 53.1 Å². The molecule has 0 spiro atoms. The number of hydrogen-bond acceptors (Lipinski definition) is 5. The maximum absolute atomic E-state index is 13.1. The zero-order chi connectivity index (χ0) is 21.0. The number of carbonyl (C=O) groups excluding carboxylic acids is 1. The Morgan fingerprint density at radius 3 is 2.59 bits per heavy atom. The molecule has 1 aliphatic rings. The van der Waals surface area contributed by atoms with Crippen LogP contribution in [0.2, 0.25) is 0 Å². The van der Waals surface area contributed by atoms with Gasteiger partial charge in [0.2, 0.25) is 17.6 Å². The molecule has 0 radical (unpaired) electrons. The van der Waals surface area contributed by atoms with Crippen molar-refractivity contribution in [2.24, 2.45) is 17.8 Å². The second kappa shape index (κ2) is 9.48. The van der Waals surface area contributed by atoms with Crippen molar-refractivity contribution in [3.05, 3.63) is 36.0 Å². The van der Waals surface area contributed by atoms with E-state index in [9.17, 15) is 9.18 Å². The molecule has 1 aromatic carbocycles. The smallest absolute Gasteiger partial charge is 0.241 e. The van der Waals surface area contributed by atoms with Gasteiger partial charge >= 0.3 is 0 Å². The van der Waals surface area contributed by atoms with Crippen LogP contribution in [-0.2, 0) is 11.3 Å². The highest BCUT2D eigenvalue weighted by Crippen LogP contribution is 2.22. The van der Waals surface area contributed by atoms with Crippen LogP contribution < -0.4 is 5.32 Å². The summed E-state index contributed by atoms with van der Waals surface area (Å²) in [6, 6.07) is 6.20. The van der Waals surface area contributed by atoms with E-state index in [2.05, 4.69) is 48.1 Å². The third kappa shape index (κ3) is 5.63. The monoisotopic (exact) mass is 402 g/mol. The van der Waals surface area contributed by atoms with Gasteiger partial charge in [-0.1, -0.05) is 32.9 Å². The Labute approximate surface area is 171 Å². The first-order valence-electron chi connectivity index (χ1n) is 10.4. The summed E-state index contributed by atoms with van der Waals surface area (Å²) in [7, 11) is 0. The number of halogens is 1. The van der Waals surface area contributed by atoms with Crippen molar-refractivity contribution >= 4 is 5.91 Å². The van der Waals surface area contributed by atoms with Gasteiger partial charge in [0.25, 0.3) is 0 Å². The number of nitrogens with zero attached hydrogens (tertiary/aromatic N) is 3. The second-order valence-electron chi connectivity index (χ2n) is 8.62. The molecule has 158 valence electrons. The first kappa shape index (κ1) is 21.4. The number of carbonyl (C=O) groups is 1. The average molecular weight is 403 g/mol. The molecule has 2 aromatic rings. The highest BCUT2D eigenvalue weighted by Gasteiger charge is 2.29. The highest BCUT2D eigenvalue weighted by molar-refractivity contribution is 5.79. The van der Waals surface area contributed by atoms with Crippen molar-refractivity contribution in [3.8, 4) is 11.4 Å². The van der Waals surface area contributed by atoms with E-state index in [4.69, 9.17) is 4.52 Å². The van der Waals surface area contributed by atoms with E-state index in [0.29, 0.717) is 42.2 Å². The molecule has 6 nitrogen and oxygen atoms in total. The zero-order valence-electron chi connectivity index (χ0n) is 17.7. The molecule has 1 N–H and O–H groups in total. The molecule has 1 aliphatic heterocycles. The molecule has 1 fully saturated rings. The molecule has 1 amide bonds. The number of nitrogens with one attached hydrogen (secondary N) is 1. The predicted molar refractivity (Wildman–Crippen MR) is 109 cm³/mol. The quantitative estimate of drug-likeness (QED) is 0.761.